The smallest absolute Gasteiger partial charge is 0.269 e. The zero-order chi connectivity index (χ0) is 25.7. The Bertz CT molecular complexity index is 1540. The van der Waals surface area contributed by atoms with Crippen molar-refractivity contribution in [1.29, 1.82) is 5.26 Å². The summed E-state index contributed by atoms with van der Waals surface area (Å²) in [4.78, 5) is 23.4. The summed E-state index contributed by atoms with van der Waals surface area (Å²) in [6.45, 7) is 1.98. The summed E-state index contributed by atoms with van der Waals surface area (Å²) in [5.74, 6) is -0.108. The maximum Gasteiger partial charge on any atom is 0.269 e. The van der Waals surface area contributed by atoms with E-state index in [1.807, 2.05) is 43.3 Å². The topological polar surface area (TPSA) is 105 Å². The van der Waals surface area contributed by atoms with E-state index in [0.29, 0.717) is 22.0 Å². The Morgan fingerprint density at radius 3 is 2.58 bits per heavy atom. The van der Waals surface area contributed by atoms with Crippen LogP contribution in [0.4, 0.5) is 11.4 Å². The molecule has 0 radical (unpaired) electrons. The third-order valence-electron chi connectivity index (χ3n) is 5.57. The number of nitrogens with one attached hydrogen (secondary N) is 1. The van der Waals surface area contributed by atoms with Crippen molar-refractivity contribution < 1.29 is 14.5 Å². The number of benzene rings is 4. The minimum Gasteiger partial charge on any atom is -0.488 e. The fourth-order valence-electron chi connectivity index (χ4n) is 3.64. The fourth-order valence-corrected chi connectivity index (χ4v) is 3.81. The highest BCUT2D eigenvalue weighted by molar-refractivity contribution is 6.31. The third kappa shape index (κ3) is 5.52. The maximum atomic E-state index is 13.0. The number of nitriles is 1. The number of anilines is 1. The summed E-state index contributed by atoms with van der Waals surface area (Å²) < 4.78 is 6.04. The maximum absolute atomic E-state index is 13.0. The molecule has 0 atom stereocenters. The number of aryl methyl sites for hydroxylation is 1. The molecule has 1 N–H and O–H groups in total. The first kappa shape index (κ1) is 24.5. The van der Waals surface area contributed by atoms with Crippen molar-refractivity contribution in [2.75, 3.05) is 5.32 Å². The lowest BCUT2D eigenvalue weighted by Crippen LogP contribution is -2.14. The predicted octanol–water partition coefficient (Wildman–Crippen LogP) is 6.83. The van der Waals surface area contributed by atoms with Gasteiger partial charge < -0.3 is 10.1 Å². The van der Waals surface area contributed by atoms with E-state index in [2.05, 4.69) is 5.32 Å². The molecule has 0 aliphatic carbocycles. The van der Waals surface area contributed by atoms with Gasteiger partial charge in [-0.3, -0.25) is 14.9 Å². The first-order chi connectivity index (χ1) is 17.4. The van der Waals surface area contributed by atoms with Crippen LogP contribution in [0.15, 0.2) is 84.4 Å². The second kappa shape index (κ2) is 10.7. The number of ether oxygens (including phenoxy) is 1. The van der Waals surface area contributed by atoms with E-state index < -0.39 is 10.8 Å². The lowest BCUT2D eigenvalue weighted by Gasteiger charge is -2.13. The Hall–Kier alpha value is -4.67. The number of nitro benzene ring substituents is 1. The van der Waals surface area contributed by atoms with Crippen LogP contribution in [0.5, 0.6) is 5.75 Å². The largest absolute Gasteiger partial charge is 0.488 e. The zero-order valence-corrected chi connectivity index (χ0v) is 20.0. The van der Waals surface area contributed by atoms with Gasteiger partial charge in [0.05, 0.1) is 4.92 Å². The average molecular weight is 498 g/mol. The van der Waals surface area contributed by atoms with Gasteiger partial charge in [-0.1, -0.05) is 48.0 Å². The molecule has 1 amide bonds. The number of nitrogens with zero attached hydrogens (tertiary/aromatic N) is 2. The number of carbonyl (C=O) groups is 1. The van der Waals surface area contributed by atoms with Crippen LogP contribution in [-0.4, -0.2) is 10.8 Å². The molecule has 8 heteroatoms. The number of hydrogen-bond donors (Lipinski definition) is 1. The molecule has 0 aromatic heterocycles. The van der Waals surface area contributed by atoms with Gasteiger partial charge in [0.2, 0.25) is 0 Å². The van der Waals surface area contributed by atoms with Gasteiger partial charge in [-0.25, -0.2) is 0 Å². The fraction of sp³-hybridized carbons (Fsp3) is 0.0714. The summed E-state index contributed by atoms with van der Waals surface area (Å²) in [6.07, 6.45) is 1.50. The van der Waals surface area contributed by atoms with Crippen molar-refractivity contribution in [2.45, 2.75) is 13.5 Å². The molecule has 0 aliphatic rings. The lowest BCUT2D eigenvalue weighted by molar-refractivity contribution is -0.384. The summed E-state index contributed by atoms with van der Waals surface area (Å²) in [5, 5.41) is 25.6. The number of nitro groups is 1. The van der Waals surface area contributed by atoms with E-state index in [4.69, 9.17) is 16.3 Å². The van der Waals surface area contributed by atoms with Crippen LogP contribution in [0.2, 0.25) is 5.02 Å². The molecule has 178 valence electrons. The van der Waals surface area contributed by atoms with Crippen molar-refractivity contribution in [1.82, 2.24) is 0 Å². The molecule has 0 bridgehead atoms. The summed E-state index contributed by atoms with van der Waals surface area (Å²) >= 11 is 6.06. The van der Waals surface area contributed by atoms with Gasteiger partial charge in [0, 0.05) is 28.4 Å². The molecular formula is C28H20ClN3O4. The molecule has 7 nitrogen and oxygen atoms in total. The van der Waals surface area contributed by atoms with Crippen LogP contribution in [0.3, 0.4) is 0 Å². The summed E-state index contributed by atoms with van der Waals surface area (Å²) in [7, 11) is 0. The van der Waals surface area contributed by atoms with Gasteiger partial charge in [0.25, 0.3) is 11.6 Å². The van der Waals surface area contributed by atoms with Gasteiger partial charge in [-0.15, -0.1) is 0 Å². The van der Waals surface area contributed by atoms with Crippen molar-refractivity contribution in [3.63, 3.8) is 0 Å². The van der Waals surface area contributed by atoms with Gasteiger partial charge in [0.15, 0.2) is 0 Å². The van der Waals surface area contributed by atoms with Crippen molar-refractivity contribution >= 4 is 45.7 Å². The van der Waals surface area contributed by atoms with Crippen LogP contribution in [0, 0.1) is 28.4 Å². The number of rotatable bonds is 7. The Kier molecular flexibility index (Phi) is 7.28. The SMILES string of the molecule is Cc1ccc(Cl)cc1NC(=O)/C(C#N)=C/c1c(OCc2ccc([N+](=O)[O-])cc2)ccc2ccccc12. The molecule has 0 unspecified atom stereocenters. The van der Waals surface area contributed by atoms with Crippen LogP contribution in [0.1, 0.15) is 16.7 Å². The van der Waals surface area contributed by atoms with Gasteiger partial charge >= 0.3 is 0 Å². The molecule has 0 fully saturated rings. The van der Waals surface area contributed by atoms with E-state index >= 15 is 0 Å². The normalized spacial score (nSPS) is 11.1. The molecule has 4 aromatic carbocycles. The highest BCUT2D eigenvalue weighted by atomic mass is 35.5. The Morgan fingerprint density at radius 1 is 1.11 bits per heavy atom. The zero-order valence-electron chi connectivity index (χ0n) is 19.2. The average Bonchev–Trinajstić information content (AvgIpc) is 2.88. The minimum absolute atomic E-state index is 0.00677. The summed E-state index contributed by atoms with van der Waals surface area (Å²) in [5.41, 5.74) is 2.52. The van der Waals surface area contributed by atoms with Gasteiger partial charge in [0.1, 0.15) is 24.0 Å². The van der Waals surface area contributed by atoms with Crippen LogP contribution in [0.25, 0.3) is 16.8 Å². The Labute approximate surface area is 212 Å². The Balaban J connectivity index is 1.68. The molecule has 4 rings (SSSR count). The molecule has 0 spiro atoms. The van der Waals surface area contributed by atoms with Crippen molar-refractivity contribution in [3.8, 4) is 11.8 Å². The quantitative estimate of drug-likeness (QED) is 0.130. The Morgan fingerprint density at radius 2 is 1.86 bits per heavy atom. The van der Waals surface area contributed by atoms with E-state index in [0.717, 1.165) is 21.9 Å². The number of halogens is 1. The summed E-state index contributed by atoms with van der Waals surface area (Å²) in [6, 6.07) is 24.4. The highest BCUT2D eigenvalue weighted by Crippen LogP contribution is 2.31. The molecule has 0 saturated carbocycles. The number of fused-ring (bicyclic) bond motifs is 1. The third-order valence-corrected chi connectivity index (χ3v) is 5.81. The standard InChI is InChI=1S/C28H20ClN3O4/c1-18-6-10-22(29)15-26(18)31-28(33)21(16-30)14-25-24-5-3-2-4-20(24)9-13-27(25)36-17-19-7-11-23(12-8-19)32(34)35/h2-15H,17H2,1H3,(H,31,33)/b21-14+. The van der Waals surface area contributed by atoms with Crippen LogP contribution >= 0.6 is 11.6 Å². The van der Waals surface area contributed by atoms with Gasteiger partial charge in [-0.05, 0) is 65.2 Å². The molecule has 36 heavy (non-hydrogen) atoms. The molecule has 0 heterocycles. The first-order valence-corrected chi connectivity index (χ1v) is 11.3. The number of carbonyl (C=O) groups excluding carboxylic acids is 1. The second-order valence-electron chi connectivity index (χ2n) is 7.99. The van der Waals surface area contributed by atoms with E-state index in [1.165, 1.54) is 18.2 Å². The molecule has 4 aromatic rings. The highest BCUT2D eigenvalue weighted by Gasteiger charge is 2.15. The van der Waals surface area contributed by atoms with Crippen LogP contribution < -0.4 is 10.1 Å². The molecular weight excluding hydrogens is 478 g/mol. The van der Waals surface area contributed by atoms with E-state index in [-0.39, 0.29) is 17.9 Å². The number of non-ortho nitro benzene ring substituents is 1. The lowest BCUT2D eigenvalue weighted by atomic mass is 10.0. The predicted molar refractivity (Wildman–Crippen MR) is 140 cm³/mol. The molecule has 0 saturated heterocycles. The monoisotopic (exact) mass is 497 g/mol. The van der Waals surface area contributed by atoms with Crippen molar-refractivity contribution in [2.24, 2.45) is 0 Å². The number of hydrogen-bond acceptors (Lipinski definition) is 5. The van der Waals surface area contributed by atoms with Gasteiger partial charge in [-0.2, -0.15) is 5.26 Å². The van der Waals surface area contributed by atoms with Crippen LogP contribution in [-0.2, 0) is 11.4 Å². The first-order valence-electron chi connectivity index (χ1n) is 10.9. The van der Waals surface area contributed by atoms with E-state index in [1.54, 1.807) is 36.4 Å². The second-order valence-corrected chi connectivity index (χ2v) is 8.43. The van der Waals surface area contributed by atoms with Crippen molar-refractivity contribution in [3.05, 3.63) is 116 Å². The van der Waals surface area contributed by atoms with E-state index in [9.17, 15) is 20.2 Å². The minimum atomic E-state index is -0.572. The molecule has 0 aliphatic heterocycles. The number of amides is 1.